The van der Waals surface area contributed by atoms with Gasteiger partial charge in [-0.15, -0.1) is 0 Å². The first-order valence-corrected chi connectivity index (χ1v) is 6.59. The summed E-state index contributed by atoms with van der Waals surface area (Å²) in [5, 5.41) is 0. The van der Waals surface area contributed by atoms with Crippen molar-refractivity contribution in [3.05, 3.63) is 24.0 Å². The monoisotopic (exact) mass is 250 g/mol. The predicted octanol–water partition coefficient (Wildman–Crippen LogP) is 2.82. The first-order valence-electron chi connectivity index (χ1n) is 6.18. The van der Waals surface area contributed by atoms with Crippen LogP contribution in [0.5, 0.6) is 5.75 Å². The van der Waals surface area contributed by atoms with Crippen molar-refractivity contribution >= 4 is 17.2 Å². The Morgan fingerprint density at radius 3 is 2.47 bits per heavy atom. The van der Waals surface area contributed by atoms with Crippen LogP contribution < -0.4 is 10.5 Å². The highest BCUT2D eigenvalue weighted by atomic mass is 32.1. The van der Waals surface area contributed by atoms with Crippen LogP contribution in [0.25, 0.3) is 0 Å². The molecule has 0 aromatic carbocycles. The molecule has 1 aliphatic carbocycles. The zero-order valence-corrected chi connectivity index (χ0v) is 10.7. The van der Waals surface area contributed by atoms with Gasteiger partial charge in [-0.2, -0.15) is 0 Å². The third-order valence-corrected chi connectivity index (χ3v) is 3.30. The Morgan fingerprint density at radius 1 is 1.24 bits per heavy atom. The maximum Gasteiger partial charge on any atom is 0.138 e. The van der Waals surface area contributed by atoms with E-state index in [1.54, 1.807) is 6.20 Å². The van der Waals surface area contributed by atoms with E-state index in [1.165, 1.54) is 25.7 Å². The molecule has 4 heteroatoms. The lowest BCUT2D eigenvalue weighted by molar-refractivity contribution is 0.183. The highest BCUT2D eigenvalue weighted by Gasteiger charge is 2.13. The molecule has 2 rings (SSSR count). The number of nitrogens with two attached hydrogens (primary N) is 1. The summed E-state index contributed by atoms with van der Waals surface area (Å²) in [5.74, 6) is 0.817. The Hall–Kier alpha value is -1.16. The minimum Gasteiger partial charge on any atom is -0.489 e. The number of hydrogen-bond donors (Lipinski definition) is 1. The van der Waals surface area contributed by atoms with Crippen LogP contribution >= 0.6 is 12.2 Å². The molecule has 92 valence electrons. The maximum absolute atomic E-state index is 5.92. The molecule has 0 unspecified atom stereocenters. The lowest BCUT2D eigenvalue weighted by Gasteiger charge is -2.16. The van der Waals surface area contributed by atoms with Gasteiger partial charge in [-0.05, 0) is 37.8 Å². The fourth-order valence-corrected chi connectivity index (χ4v) is 2.27. The average molecular weight is 250 g/mol. The number of hydrogen-bond acceptors (Lipinski definition) is 3. The van der Waals surface area contributed by atoms with Crippen LogP contribution in [0.3, 0.4) is 0 Å². The summed E-state index contributed by atoms with van der Waals surface area (Å²) in [7, 11) is 0. The van der Waals surface area contributed by atoms with Gasteiger partial charge < -0.3 is 10.5 Å². The minimum atomic E-state index is 0.325. The van der Waals surface area contributed by atoms with Crippen LogP contribution in [0, 0.1) is 0 Å². The number of thiocarbonyl (C=S) groups is 1. The molecule has 0 bridgehead atoms. The van der Waals surface area contributed by atoms with E-state index in [4.69, 9.17) is 22.7 Å². The largest absolute Gasteiger partial charge is 0.489 e. The molecular formula is C13H18N2OS. The van der Waals surface area contributed by atoms with E-state index in [-0.39, 0.29) is 0 Å². The summed E-state index contributed by atoms with van der Waals surface area (Å²) >= 11 is 4.86. The molecule has 0 amide bonds. The molecule has 0 saturated heterocycles. The quantitative estimate of drug-likeness (QED) is 0.662. The van der Waals surface area contributed by atoms with Gasteiger partial charge in [0, 0.05) is 0 Å². The molecule has 1 aromatic rings. The van der Waals surface area contributed by atoms with E-state index in [0.717, 1.165) is 18.6 Å². The highest BCUT2D eigenvalue weighted by molar-refractivity contribution is 7.80. The molecule has 17 heavy (non-hydrogen) atoms. The SMILES string of the molecule is NC(=S)c1ccc(OC2CCCCCC2)cn1. The summed E-state index contributed by atoms with van der Waals surface area (Å²) in [6.07, 6.45) is 9.55. The van der Waals surface area contributed by atoms with E-state index in [9.17, 15) is 0 Å². The van der Waals surface area contributed by atoms with Crippen molar-refractivity contribution in [2.24, 2.45) is 5.73 Å². The van der Waals surface area contributed by atoms with Gasteiger partial charge in [-0.1, -0.05) is 25.1 Å². The van der Waals surface area contributed by atoms with Gasteiger partial charge in [-0.25, -0.2) is 4.98 Å². The van der Waals surface area contributed by atoms with Gasteiger partial charge in [0.05, 0.1) is 18.0 Å². The average Bonchev–Trinajstić information content (AvgIpc) is 2.58. The van der Waals surface area contributed by atoms with E-state index in [1.807, 2.05) is 12.1 Å². The minimum absolute atomic E-state index is 0.325. The smallest absolute Gasteiger partial charge is 0.138 e. The summed E-state index contributed by atoms with van der Waals surface area (Å²) < 4.78 is 5.92. The first-order chi connectivity index (χ1) is 8.25. The van der Waals surface area contributed by atoms with Crippen molar-refractivity contribution in [2.75, 3.05) is 0 Å². The Morgan fingerprint density at radius 2 is 1.94 bits per heavy atom. The third kappa shape index (κ3) is 3.66. The molecule has 2 N–H and O–H groups in total. The zero-order valence-electron chi connectivity index (χ0n) is 9.89. The number of pyridine rings is 1. The zero-order chi connectivity index (χ0) is 12.1. The number of aromatic nitrogens is 1. The Kier molecular flexibility index (Phi) is 4.31. The summed E-state index contributed by atoms with van der Waals surface area (Å²) in [6.45, 7) is 0. The molecule has 1 saturated carbocycles. The van der Waals surface area contributed by atoms with Crippen molar-refractivity contribution in [2.45, 2.75) is 44.6 Å². The number of rotatable bonds is 3. The van der Waals surface area contributed by atoms with E-state index >= 15 is 0 Å². The van der Waals surface area contributed by atoms with Crippen molar-refractivity contribution < 1.29 is 4.74 Å². The van der Waals surface area contributed by atoms with Gasteiger partial charge in [0.25, 0.3) is 0 Å². The second kappa shape index (κ2) is 5.96. The van der Waals surface area contributed by atoms with E-state index < -0.39 is 0 Å². The van der Waals surface area contributed by atoms with E-state index in [2.05, 4.69) is 4.98 Å². The number of ether oxygens (including phenoxy) is 1. The van der Waals surface area contributed by atoms with Crippen molar-refractivity contribution in [3.63, 3.8) is 0 Å². The third-order valence-electron chi connectivity index (χ3n) is 3.09. The maximum atomic E-state index is 5.92. The van der Waals surface area contributed by atoms with Crippen LogP contribution in [-0.2, 0) is 0 Å². The lowest BCUT2D eigenvalue weighted by Crippen LogP contribution is -2.16. The van der Waals surface area contributed by atoms with Crippen molar-refractivity contribution in [1.82, 2.24) is 4.98 Å². The molecule has 0 radical (unpaired) electrons. The highest BCUT2D eigenvalue weighted by Crippen LogP contribution is 2.22. The van der Waals surface area contributed by atoms with Crippen LogP contribution in [0.1, 0.15) is 44.2 Å². The second-order valence-electron chi connectivity index (χ2n) is 4.47. The van der Waals surface area contributed by atoms with Crippen LogP contribution in [0.4, 0.5) is 0 Å². The molecule has 0 atom stereocenters. The van der Waals surface area contributed by atoms with Gasteiger partial charge >= 0.3 is 0 Å². The van der Waals surface area contributed by atoms with Gasteiger partial charge in [-0.3, -0.25) is 0 Å². The van der Waals surface area contributed by atoms with Crippen LogP contribution in [-0.4, -0.2) is 16.1 Å². The van der Waals surface area contributed by atoms with E-state index in [0.29, 0.717) is 16.8 Å². The molecule has 0 aliphatic heterocycles. The standard InChI is InChI=1S/C13H18N2OS/c14-13(17)12-8-7-11(9-15-12)16-10-5-3-1-2-4-6-10/h7-10H,1-6H2,(H2,14,17). The topological polar surface area (TPSA) is 48.1 Å². The van der Waals surface area contributed by atoms with Gasteiger partial charge in [0.1, 0.15) is 10.7 Å². The first kappa shape index (κ1) is 12.3. The molecular weight excluding hydrogens is 232 g/mol. The summed E-state index contributed by atoms with van der Waals surface area (Å²) in [6, 6.07) is 3.71. The molecule has 1 fully saturated rings. The Labute approximate surface area is 107 Å². The Bertz CT molecular complexity index is 370. The predicted molar refractivity (Wildman–Crippen MR) is 72.2 cm³/mol. The van der Waals surface area contributed by atoms with Crippen LogP contribution in [0.15, 0.2) is 18.3 Å². The van der Waals surface area contributed by atoms with Crippen molar-refractivity contribution in [1.29, 1.82) is 0 Å². The van der Waals surface area contributed by atoms with Gasteiger partial charge in [0.2, 0.25) is 0 Å². The lowest BCUT2D eigenvalue weighted by atomic mass is 10.1. The fraction of sp³-hybridized carbons (Fsp3) is 0.538. The molecule has 1 aromatic heterocycles. The molecule has 3 nitrogen and oxygen atoms in total. The summed E-state index contributed by atoms with van der Waals surface area (Å²) in [4.78, 5) is 4.50. The molecule has 0 spiro atoms. The number of nitrogens with zero attached hydrogens (tertiary/aromatic N) is 1. The fourth-order valence-electron chi connectivity index (χ4n) is 2.15. The molecule has 1 aliphatic rings. The van der Waals surface area contributed by atoms with Crippen molar-refractivity contribution in [3.8, 4) is 5.75 Å². The molecule has 1 heterocycles. The van der Waals surface area contributed by atoms with Gasteiger partial charge in [0.15, 0.2) is 0 Å². The summed E-state index contributed by atoms with van der Waals surface area (Å²) in [5.41, 5.74) is 6.14. The van der Waals surface area contributed by atoms with Crippen LogP contribution in [0.2, 0.25) is 0 Å². The normalized spacial score (nSPS) is 17.4. The Balaban J connectivity index is 1.95. The second-order valence-corrected chi connectivity index (χ2v) is 4.91.